The molecule has 74 valence electrons. The molecule has 0 aliphatic rings. The van der Waals surface area contributed by atoms with Crippen LogP contribution in [-0.4, -0.2) is 4.98 Å². The van der Waals surface area contributed by atoms with Crippen molar-refractivity contribution in [3.05, 3.63) is 47.1 Å². The van der Waals surface area contributed by atoms with E-state index in [-0.39, 0.29) is 0 Å². The Morgan fingerprint density at radius 2 is 1.87 bits per heavy atom. The topological polar surface area (TPSA) is 39.6 Å². The maximum Gasteiger partial charge on any atom is 0.118 e. The second-order valence-electron chi connectivity index (χ2n) is 2.90. The normalized spacial score (nSPS) is 9.87. The Balaban J connectivity index is 2.15. The lowest BCUT2D eigenvalue weighted by molar-refractivity contribution is 1.17. The van der Waals surface area contributed by atoms with E-state index in [1.807, 2.05) is 30.3 Å². The molecule has 4 heteroatoms. The summed E-state index contributed by atoms with van der Waals surface area (Å²) >= 11 is 7.35. The van der Waals surface area contributed by atoms with Crippen LogP contribution in [-0.2, 0) is 0 Å². The van der Waals surface area contributed by atoms with E-state index in [2.05, 4.69) is 11.1 Å². The van der Waals surface area contributed by atoms with Crippen molar-refractivity contribution in [3.8, 4) is 6.07 Å². The molecule has 0 atom stereocenters. The van der Waals surface area contributed by atoms with Gasteiger partial charge in [-0.3, -0.25) is 0 Å². The van der Waals surface area contributed by atoms with Gasteiger partial charge in [0.25, 0.3) is 0 Å². The predicted molar refractivity (Wildman–Crippen MR) is 61.1 cm³/mol. The van der Waals surface area contributed by atoms with Crippen LogP contribution in [0, 0.1) is 11.3 Å². The maximum absolute atomic E-state index is 8.65. The van der Waals surface area contributed by atoms with Crippen molar-refractivity contribution >= 4 is 23.4 Å². The van der Waals surface area contributed by atoms with Crippen LogP contribution in [0.2, 0.25) is 5.02 Å². The van der Waals surface area contributed by atoms with Crippen LogP contribution in [0.25, 0.3) is 0 Å². The van der Waals surface area contributed by atoms with Crippen molar-refractivity contribution in [1.82, 2.24) is 4.98 Å². The lowest BCUT2D eigenvalue weighted by Crippen LogP contribution is -1.74. The number of nitrogens with zero attached hydrogens (tertiary/aromatic N) is 1. The number of nitrogens with one attached hydrogen (secondary N) is 1. The molecule has 0 unspecified atom stereocenters. The summed E-state index contributed by atoms with van der Waals surface area (Å²) in [6.07, 6.45) is 0. The summed E-state index contributed by atoms with van der Waals surface area (Å²) < 4.78 is 0. The summed E-state index contributed by atoms with van der Waals surface area (Å²) in [5, 5.41) is 10.3. The lowest BCUT2D eigenvalue weighted by Gasteiger charge is -1.98. The predicted octanol–water partition coefficient (Wildman–Crippen LogP) is 3.69. The Kier molecular flexibility index (Phi) is 3.00. The molecular weight excluding hydrogens is 228 g/mol. The molecule has 0 radical (unpaired) electrons. The van der Waals surface area contributed by atoms with Crippen LogP contribution in [0.15, 0.2) is 46.3 Å². The molecule has 0 aliphatic carbocycles. The molecule has 1 heterocycles. The summed E-state index contributed by atoms with van der Waals surface area (Å²) in [4.78, 5) is 4.08. The Bertz CT molecular complexity index is 496. The third-order valence-corrected chi connectivity index (χ3v) is 3.04. The Labute approximate surface area is 96.9 Å². The highest BCUT2D eigenvalue weighted by molar-refractivity contribution is 7.99. The number of aromatic nitrogens is 1. The number of H-pyrrole nitrogens is 1. The molecule has 2 nitrogen and oxygen atoms in total. The number of benzene rings is 1. The lowest BCUT2D eigenvalue weighted by atomic mass is 10.4. The molecule has 0 spiro atoms. The summed E-state index contributed by atoms with van der Waals surface area (Å²) in [7, 11) is 0. The van der Waals surface area contributed by atoms with Gasteiger partial charge in [-0.1, -0.05) is 23.4 Å². The highest BCUT2D eigenvalue weighted by Crippen LogP contribution is 2.27. The molecule has 0 saturated carbocycles. The van der Waals surface area contributed by atoms with E-state index in [9.17, 15) is 0 Å². The third kappa shape index (κ3) is 2.56. The number of aromatic amines is 1. The van der Waals surface area contributed by atoms with Gasteiger partial charge >= 0.3 is 0 Å². The van der Waals surface area contributed by atoms with Gasteiger partial charge in [0.05, 0.1) is 5.03 Å². The summed E-state index contributed by atoms with van der Waals surface area (Å²) in [6, 6.07) is 13.3. The first-order valence-electron chi connectivity index (χ1n) is 4.30. The summed E-state index contributed by atoms with van der Waals surface area (Å²) in [6.45, 7) is 0. The van der Waals surface area contributed by atoms with Crippen LogP contribution in [0.3, 0.4) is 0 Å². The molecular formula is C11H7ClN2S. The van der Waals surface area contributed by atoms with E-state index in [1.165, 1.54) is 0 Å². The molecule has 0 amide bonds. The average Bonchev–Trinajstić information content (AvgIpc) is 2.69. The van der Waals surface area contributed by atoms with Gasteiger partial charge in [0, 0.05) is 9.92 Å². The molecule has 15 heavy (non-hydrogen) atoms. The third-order valence-electron chi connectivity index (χ3n) is 1.82. The standard InChI is InChI=1S/C11H7ClN2S/c12-8-1-4-10(5-2-8)15-11-6-3-9(7-13)14-11/h1-6,14H. The maximum atomic E-state index is 8.65. The van der Waals surface area contributed by atoms with Gasteiger partial charge in [0.2, 0.25) is 0 Å². The van der Waals surface area contributed by atoms with Crippen LogP contribution in [0.5, 0.6) is 0 Å². The fourth-order valence-corrected chi connectivity index (χ4v) is 2.08. The molecule has 0 saturated heterocycles. The number of hydrogen-bond acceptors (Lipinski definition) is 2. The first kappa shape index (κ1) is 10.2. The smallest absolute Gasteiger partial charge is 0.118 e. The molecule has 2 rings (SSSR count). The van der Waals surface area contributed by atoms with Crippen molar-refractivity contribution in [2.45, 2.75) is 9.92 Å². The van der Waals surface area contributed by atoms with E-state index in [0.717, 1.165) is 14.9 Å². The van der Waals surface area contributed by atoms with Crippen molar-refractivity contribution in [1.29, 1.82) is 5.26 Å². The monoisotopic (exact) mass is 234 g/mol. The highest BCUT2D eigenvalue weighted by atomic mass is 35.5. The van der Waals surface area contributed by atoms with Crippen LogP contribution in [0.1, 0.15) is 5.69 Å². The van der Waals surface area contributed by atoms with Gasteiger partial charge in [-0.2, -0.15) is 5.26 Å². The van der Waals surface area contributed by atoms with E-state index in [4.69, 9.17) is 16.9 Å². The van der Waals surface area contributed by atoms with Gasteiger partial charge in [0.15, 0.2) is 0 Å². The quantitative estimate of drug-likeness (QED) is 0.861. The zero-order chi connectivity index (χ0) is 10.7. The Morgan fingerprint density at radius 1 is 1.13 bits per heavy atom. The largest absolute Gasteiger partial charge is 0.341 e. The minimum atomic E-state index is 0.575. The second-order valence-corrected chi connectivity index (χ2v) is 4.46. The molecule has 1 N–H and O–H groups in total. The second kappa shape index (κ2) is 4.43. The molecule has 0 fully saturated rings. The van der Waals surface area contributed by atoms with Gasteiger partial charge in [-0.25, -0.2) is 0 Å². The number of nitriles is 1. The minimum absolute atomic E-state index is 0.575. The molecule has 0 bridgehead atoms. The Morgan fingerprint density at radius 3 is 2.47 bits per heavy atom. The van der Waals surface area contributed by atoms with Crippen LogP contribution < -0.4 is 0 Å². The van der Waals surface area contributed by atoms with E-state index in [0.29, 0.717) is 5.69 Å². The summed E-state index contributed by atoms with van der Waals surface area (Å²) in [5.41, 5.74) is 0.575. The zero-order valence-corrected chi connectivity index (χ0v) is 9.27. The number of halogens is 1. The molecule has 0 aliphatic heterocycles. The SMILES string of the molecule is N#Cc1ccc(Sc2ccc(Cl)cc2)[nH]1. The van der Waals surface area contributed by atoms with Gasteiger partial charge in [-0.05, 0) is 36.4 Å². The highest BCUT2D eigenvalue weighted by Gasteiger charge is 2.00. The van der Waals surface area contributed by atoms with Gasteiger partial charge in [-0.15, -0.1) is 0 Å². The van der Waals surface area contributed by atoms with Crippen molar-refractivity contribution < 1.29 is 0 Å². The summed E-state index contributed by atoms with van der Waals surface area (Å²) in [5.74, 6) is 0. The van der Waals surface area contributed by atoms with E-state index in [1.54, 1.807) is 17.8 Å². The minimum Gasteiger partial charge on any atom is -0.341 e. The average molecular weight is 235 g/mol. The van der Waals surface area contributed by atoms with E-state index < -0.39 is 0 Å². The zero-order valence-electron chi connectivity index (χ0n) is 7.70. The first-order valence-corrected chi connectivity index (χ1v) is 5.50. The van der Waals surface area contributed by atoms with E-state index >= 15 is 0 Å². The number of hydrogen-bond donors (Lipinski definition) is 1. The first-order chi connectivity index (χ1) is 7.28. The molecule has 1 aromatic heterocycles. The van der Waals surface area contributed by atoms with Crippen molar-refractivity contribution in [2.75, 3.05) is 0 Å². The van der Waals surface area contributed by atoms with Crippen LogP contribution >= 0.6 is 23.4 Å². The Hall–Kier alpha value is -1.37. The fraction of sp³-hybridized carbons (Fsp3) is 0. The van der Waals surface area contributed by atoms with Gasteiger partial charge < -0.3 is 4.98 Å². The fourth-order valence-electron chi connectivity index (χ4n) is 1.13. The molecule has 1 aromatic carbocycles. The van der Waals surface area contributed by atoms with Crippen molar-refractivity contribution in [2.24, 2.45) is 0 Å². The molecule has 2 aromatic rings. The van der Waals surface area contributed by atoms with Crippen LogP contribution in [0.4, 0.5) is 0 Å². The van der Waals surface area contributed by atoms with Gasteiger partial charge in [0.1, 0.15) is 11.8 Å². The van der Waals surface area contributed by atoms with Crippen molar-refractivity contribution in [3.63, 3.8) is 0 Å². The number of rotatable bonds is 2.